The molecule has 0 radical (unpaired) electrons. The van der Waals surface area contributed by atoms with Crippen LogP contribution in [0, 0.1) is 12.3 Å². The van der Waals surface area contributed by atoms with Crippen LogP contribution in [0.2, 0.25) is 0 Å². The van der Waals surface area contributed by atoms with Crippen molar-refractivity contribution < 1.29 is 0 Å². The van der Waals surface area contributed by atoms with Gasteiger partial charge in [-0.2, -0.15) is 0 Å². The maximum absolute atomic E-state index is 7.13. The molecule has 0 aliphatic heterocycles. The molecular weight excluding hydrogens is 164 g/mol. The van der Waals surface area contributed by atoms with Gasteiger partial charge < -0.3 is 5.73 Å². The number of nitrogens with two attached hydrogens (primary N) is 1. The summed E-state index contributed by atoms with van der Waals surface area (Å²) >= 11 is 5.64. The first-order valence-corrected chi connectivity index (χ1v) is 4.01. The van der Waals surface area contributed by atoms with E-state index in [1.807, 2.05) is 13.0 Å². The summed E-state index contributed by atoms with van der Waals surface area (Å²) in [6.07, 6.45) is 0. The van der Waals surface area contributed by atoms with Crippen molar-refractivity contribution in [1.29, 1.82) is 5.41 Å². The zero-order valence-corrected chi connectivity index (χ0v) is 7.22. The van der Waals surface area contributed by atoms with E-state index in [-0.39, 0.29) is 5.84 Å². The second-order valence-electron chi connectivity index (χ2n) is 1.99. The Morgan fingerprint density at radius 2 is 2.40 bits per heavy atom. The van der Waals surface area contributed by atoms with E-state index in [2.05, 4.69) is 12.6 Å². The van der Waals surface area contributed by atoms with Crippen molar-refractivity contribution in [2.75, 3.05) is 0 Å². The van der Waals surface area contributed by atoms with Gasteiger partial charge in [0.1, 0.15) is 5.84 Å². The second-order valence-corrected chi connectivity index (χ2v) is 3.72. The molecule has 0 atom stereocenters. The molecule has 0 fully saturated rings. The van der Waals surface area contributed by atoms with Crippen molar-refractivity contribution in [3.63, 3.8) is 0 Å². The van der Waals surface area contributed by atoms with Crippen LogP contribution in [0.25, 0.3) is 0 Å². The Balaban J connectivity index is 3.15. The Labute approximate surface area is 69.0 Å². The largest absolute Gasteiger partial charge is 0.383 e. The lowest BCUT2D eigenvalue weighted by atomic mass is 10.4. The van der Waals surface area contributed by atoms with Crippen LogP contribution in [0.1, 0.15) is 9.75 Å². The van der Waals surface area contributed by atoms with Crippen LogP contribution in [0.4, 0.5) is 0 Å². The third-order valence-corrected chi connectivity index (χ3v) is 2.67. The highest BCUT2D eigenvalue weighted by atomic mass is 32.1. The molecule has 0 saturated carbocycles. The minimum Gasteiger partial charge on any atom is -0.383 e. The molecule has 10 heavy (non-hydrogen) atoms. The number of hydrogen-bond donors (Lipinski definition) is 3. The van der Waals surface area contributed by atoms with E-state index >= 15 is 0 Å². The monoisotopic (exact) mass is 172 g/mol. The Kier molecular flexibility index (Phi) is 2.01. The van der Waals surface area contributed by atoms with E-state index in [0.29, 0.717) is 0 Å². The Morgan fingerprint density at radius 1 is 1.80 bits per heavy atom. The fourth-order valence-electron chi connectivity index (χ4n) is 0.694. The molecule has 54 valence electrons. The van der Waals surface area contributed by atoms with Gasteiger partial charge >= 0.3 is 0 Å². The van der Waals surface area contributed by atoms with E-state index in [0.717, 1.165) is 14.6 Å². The minimum absolute atomic E-state index is 0.100. The van der Waals surface area contributed by atoms with Gasteiger partial charge in [-0.25, -0.2) is 0 Å². The van der Waals surface area contributed by atoms with E-state index in [1.165, 1.54) is 11.3 Å². The fraction of sp³-hybridized carbons (Fsp3) is 0.167. The van der Waals surface area contributed by atoms with E-state index in [1.54, 1.807) is 0 Å². The smallest absolute Gasteiger partial charge is 0.134 e. The SMILES string of the molecule is Cc1cc(S)c(C(=N)N)s1. The quantitative estimate of drug-likeness (QED) is 0.336. The number of hydrogen-bond acceptors (Lipinski definition) is 3. The number of amidine groups is 1. The van der Waals surface area contributed by atoms with Gasteiger partial charge in [0.15, 0.2) is 0 Å². The fourth-order valence-corrected chi connectivity index (χ4v) is 2.00. The van der Waals surface area contributed by atoms with Gasteiger partial charge in [-0.15, -0.1) is 24.0 Å². The zero-order valence-electron chi connectivity index (χ0n) is 5.51. The standard InChI is InChI=1S/C6H8N2S2/c1-3-2-4(9)5(10-3)6(7)8/h2,9H,1H3,(H3,7,8). The van der Waals surface area contributed by atoms with Gasteiger partial charge in [0.05, 0.1) is 4.88 Å². The summed E-state index contributed by atoms with van der Waals surface area (Å²) < 4.78 is 0. The molecule has 1 heterocycles. The lowest BCUT2D eigenvalue weighted by molar-refractivity contribution is 1.41. The highest BCUT2D eigenvalue weighted by Gasteiger charge is 2.04. The number of rotatable bonds is 1. The summed E-state index contributed by atoms with van der Waals surface area (Å²) in [5, 5.41) is 7.13. The maximum Gasteiger partial charge on any atom is 0.134 e. The molecule has 0 amide bonds. The average Bonchev–Trinajstić information content (AvgIpc) is 2.10. The molecule has 1 aromatic heterocycles. The van der Waals surface area contributed by atoms with Crippen LogP contribution in [0.3, 0.4) is 0 Å². The first-order chi connectivity index (χ1) is 4.61. The molecule has 3 N–H and O–H groups in total. The number of nitrogen functional groups attached to an aromatic ring is 1. The Hall–Kier alpha value is -0.480. The van der Waals surface area contributed by atoms with Crippen molar-refractivity contribution in [1.82, 2.24) is 0 Å². The summed E-state index contributed by atoms with van der Waals surface area (Å²) in [5.74, 6) is 0.100. The number of thiol groups is 1. The van der Waals surface area contributed by atoms with Crippen molar-refractivity contribution in [2.45, 2.75) is 11.8 Å². The summed E-state index contributed by atoms with van der Waals surface area (Å²) in [6, 6.07) is 1.91. The Bertz CT molecular complexity index is 265. The van der Waals surface area contributed by atoms with E-state index in [9.17, 15) is 0 Å². The molecule has 0 unspecified atom stereocenters. The van der Waals surface area contributed by atoms with E-state index in [4.69, 9.17) is 11.1 Å². The zero-order chi connectivity index (χ0) is 7.72. The number of thiophene rings is 1. The Morgan fingerprint density at radius 3 is 2.60 bits per heavy atom. The molecule has 1 rings (SSSR count). The minimum atomic E-state index is 0.100. The van der Waals surface area contributed by atoms with Gasteiger partial charge in [-0.3, -0.25) is 5.41 Å². The normalized spacial score (nSPS) is 9.80. The average molecular weight is 172 g/mol. The van der Waals surface area contributed by atoms with Crippen LogP contribution in [-0.2, 0) is 0 Å². The van der Waals surface area contributed by atoms with Gasteiger partial charge in [-0.05, 0) is 13.0 Å². The third-order valence-electron chi connectivity index (χ3n) is 1.08. The van der Waals surface area contributed by atoms with Crippen LogP contribution in [0.15, 0.2) is 11.0 Å². The second kappa shape index (κ2) is 2.64. The lowest BCUT2D eigenvalue weighted by Crippen LogP contribution is -2.09. The summed E-state index contributed by atoms with van der Waals surface area (Å²) in [4.78, 5) is 2.70. The van der Waals surface area contributed by atoms with Crippen molar-refractivity contribution in [3.05, 3.63) is 15.8 Å². The highest BCUT2D eigenvalue weighted by Crippen LogP contribution is 2.23. The highest BCUT2D eigenvalue weighted by molar-refractivity contribution is 7.80. The summed E-state index contributed by atoms with van der Waals surface area (Å²) in [6.45, 7) is 1.97. The summed E-state index contributed by atoms with van der Waals surface area (Å²) in [7, 11) is 0. The van der Waals surface area contributed by atoms with Gasteiger partial charge in [-0.1, -0.05) is 0 Å². The van der Waals surface area contributed by atoms with Crippen molar-refractivity contribution in [2.24, 2.45) is 5.73 Å². The predicted molar refractivity (Wildman–Crippen MR) is 47.3 cm³/mol. The molecule has 2 nitrogen and oxygen atoms in total. The topological polar surface area (TPSA) is 49.9 Å². The molecule has 1 aromatic rings. The van der Waals surface area contributed by atoms with Crippen LogP contribution in [-0.4, -0.2) is 5.84 Å². The molecular formula is C6H8N2S2. The van der Waals surface area contributed by atoms with Gasteiger partial charge in [0.2, 0.25) is 0 Å². The van der Waals surface area contributed by atoms with Crippen LogP contribution < -0.4 is 5.73 Å². The molecule has 0 aliphatic carbocycles. The maximum atomic E-state index is 7.13. The first-order valence-electron chi connectivity index (χ1n) is 2.75. The van der Waals surface area contributed by atoms with Crippen molar-refractivity contribution >= 4 is 29.8 Å². The molecule has 4 heteroatoms. The molecule has 0 spiro atoms. The van der Waals surface area contributed by atoms with Crippen LogP contribution in [0.5, 0.6) is 0 Å². The van der Waals surface area contributed by atoms with E-state index < -0.39 is 0 Å². The van der Waals surface area contributed by atoms with Crippen LogP contribution >= 0.6 is 24.0 Å². The summed E-state index contributed by atoms with van der Waals surface area (Å²) in [5.41, 5.74) is 5.27. The predicted octanol–water partition coefficient (Wildman–Crippen LogP) is 1.63. The number of aryl methyl sites for hydroxylation is 1. The first kappa shape index (κ1) is 7.63. The molecule has 0 saturated heterocycles. The molecule has 0 aliphatic rings. The van der Waals surface area contributed by atoms with Crippen molar-refractivity contribution in [3.8, 4) is 0 Å². The molecule has 0 bridgehead atoms. The number of nitrogens with one attached hydrogen (secondary N) is 1. The third kappa shape index (κ3) is 1.33. The molecule has 0 aromatic carbocycles. The lowest BCUT2D eigenvalue weighted by Gasteiger charge is -1.90. The van der Waals surface area contributed by atoms with Gasteiger partial charge in [0.25, 0.3) is 0 Å². The van der Waals surface area contributed by atoms with Gasteiger partial charge in [0, 0.05) is 9.77 Å².